The second-order valence-corrected chi connectivity index (χ2v) is 11.1. The number of aryl methyl sites for hydroxylation is 1. The van der Waals surface area contributed by atoms with Crippen molar-refractivity contribution in [2.24, 2.45) is 0 Å². The molecule has 3 atom stereocenters. The molecule has 0 spiro atoms. The number of urea groups is 1. The molecule has 1 aliphatic heterocycles. The van der Waals surface area contributed by atoms with Crippen molar-refractivity contribution < 1.29 is 44.8 Å². The molecule has 0 radical (unpaired) electrons. The SMILES string of the molecule is Cc1cc(F)ccc1[C@H]1C[C@@H](S(=O)CCO)CCN1C(=O)N(C)Cc1cc(C(F)(F)F)cc(C(F)(F)F)c1. The van der Waals surface area contributed by atoms with Crippen LogP contribution in [0.2, 0.25) is 0 Å². The predicted octanol–water partition coefficient (Wildman–Crippen LogP) is 5.67. The molecule has 0 aliphatic carbocycles. The lowest BCUT2D eigenvalue weighted by Gasteiger charge is -2.41. The quantitative estimate of drug-likeness (QED) is 0.457. The van der Waals surface area contributed by atoms with Crippen molar-refractivity contribution in [3.63, 3.8) is 0 Å². The highest BCUT2D eigenvalue weighted by molar-refractivity contribution is 7.85. The second-order valence-electron chi connectivity index (χ2n) is 9.22. The standard InChI is InChI=1S/C25H27F7N2O3S/c1-15-9-19(26)3-4-21(15)22-13-20(38(37)8-7-35)5-6-34(22)23(36)33(2)14-16-10-17(24(27,28)29)12-18(11-16)25(30,31)32/h3-4,9-12,20,22,35H,5-8,13-14H2,1-2H3/t20-,22+,38?/m0/s1. The second kappa shape index (κ2) is 11.6. The number of rotatable bonds is 6. The summed E-state index contributed by atoms with van der Waals surface area (Å²) < 4.78 is 106. The molecule has 1 N–H and O–H groups in total. The number of carbonyl (C=O) groups is 1. The summed E-state index contributed by atoms with van der Waals surface area (Å²) in [6.07, 6.45) is -9.50. The fraction of sp³-hybridized carbons (Fsp3) is 0.480. The molecule has 0 bridgehead atoms. The normalized spacial score (nSPS) is 19.4. The van der Waals surface area contributed by atoms with Crippen molar-refractivity contribution in [1.29, 1.82) is 0 Å². The summed E-state index contributed by atoms with van der Waals surface area (Å²) in [5.41, 5.74) is -2.20. The first-order valence-electron chi connectivity index (χ1n) is 11.7. The van der Waals surface area contributed by atoms with Crippen LogP contribution in [0.15, 0.2) is 36.4 Å². The summed E-state index contributed by atoms with van der Waals surface area (Å²) in [6, 6.07) is 3.83. The summed E-state index contributed by atoms with van der Waals surface area (Å²) in [5.74, 6) is -0.451. The van der Waals surface area contributed by atoms with Crippen LogP contribution in [-0.4, -0.2) is 56.3 Å². The largest absolute Gasteiger partial charge is 0.416 e. The number of amides is 2. The van der Waals surface area contributed by atoms with Gasteiger partial charge in [-0.1, -0.05) is 6.07 Å². The number of alkyl halides is 6. The van der Waals surface area contributed by atoms with E-state index < -0.39 is 58.7 Å². The molecule has 2 aromatic carbocycles. The molecule has 210 valence electrons. The highest BCUT2D eigenvalue weighted by atomic mass is 32.2. The van der Waals surface area contributed by atoms with Gasteiger partial charge in [-0.3, -0.25) is 4.21 Å². The third-order valence-corrected chi connectivity index (χ3v) is 8.21. The van der Waals surface area contributed by atoms with E-state index in [1.54, 1.807) is 6.92 Å². The van der Waals surface area contributed by atoms with E-state index in [0.29, 0.717) is 29.7 Å². The topological polar surface area (TPSA) is 60.9 Å². The van der Waals surface area contributed by atoms with Gasteiger partial charge in [0.2, 0.25) is 0 Å². The lowest BCUT2D eigenvalue weighted by Crippen LogP contribution is -2.48. The van der Waals surface area contributed by atoms with E-state index in [4.69, 9.17) is 0 Å². The lowest BCUT2D eigenvalue weighted by atomic mass is 9.92. The van der Waals surface area contributed by atoms with Gasteiger partial charge in [0, 0.05) is 41.9 Å². The summed E-state index contributed by atoms with van der Waals surface area (Å²) in [5, 5.41) is 8.80. The molecule has 3 rings (SSSR count). The first-order valence-corrected chi connectivity index (χ1v) is 13.0. The van der Waals surface area contributed by atoms with Crippen LogP contribution in [0.25, 0.3) is 0 Å². The molecule has 1 saturated heterocycles. The fourth-order valence-electron chi connectivity index (χ4n) is 4.64. The van der Waals surface area contributed by atoms with Crippen LogP contribution in [0.5, 0.6) is 0 Å². The molecule has 13 heteroatoms. The highest BCUT2D eigenvalue weighted by Crippen LogP contribution is 2.38. The lowest BCUT2D eigenvalue weighted by molar-refractivity contribution is -0.143. The van der Waals surface area contributed by atoms with E-state index in [1.807, 2.05) is 0 Å². The Hall–Kier alpha value is -2.67. The summed E-state index contributed by atoms with van der Waals surface area (Å²) >= 11 is 0. The summed E-state index contributed by atoms with van der Waals surface area (Å²) in [4.78, 5) is 15.9. The van der Waals surface area contributed by atoms with Gasteiger partial charge in [-0.15, -0.1) is 0 Å². The Labute approximate surface area is 217 Å². The maximum atomic E-state index is 13.8. The van der Waals surface area contributed by atoms with Gasteiger partial charge in [0.15, 0.2) is 0 Å². The first kappa shape index (κ1) is 29.9. The number of benzene rings is 2. The third kappa shape index (κ3) is 7.04. The number of likely N-dealkylation sites (tertiary alicyclic amines) is 1. The summed E-state index contributed by atoms with van der Waals surface area (Å²) in [7, 11) is -0.129. The van der Waals surface area contributed by atoms with Gasteiger partial charge in [-0.05, 0) is 66.8 Å². The molecule has 1 aliphatic rings. The van der Waals surface area contributed by atoms with Crippen LogP contribution in [0.1, 0.15) is 46.7 Å². The van der Waals surface area contributed by atoms with Crippen LogP contribution in [0.4, 0.5) is 35.5 Å². The molecule has 38 heavy (non-hydrogen) atoms. The van der Waals surface area contributed by atoms with Crippen molar-refractivity contribution in [2.45, 2.75) is 50.0 Å². The maximum absolute atomic E-state index is 13.8. The van der Waals surface area contributed by atoms with E-state index >= 15 is 0 Å². The van der Waals surface area contributed by atoms with E-state index in [2.05, 4.69) is 0 Å². The first-order chi connectivity index (χ1) is 17.6. The van der Waals surface area contributed by atoms with Crippen LogP contribution in [-0.2, 0) is 29.7 Å². The Balaban J connectivity index is 1.92. The molecule has 2 amide bonds. The van der Waals surface area contributed by atoms with Crippen LogP contribution in [0, 0.1) is 12.7 Å². The Bertz CT molecular complexity index is 1150. The number of halogens is 7. The third-order valence-electron chi connectivity index (χ3n) is 6.45. The smallest absolute Gasteiger partial charge is 0.395 e. The fourth-order valence-corrected chi connectivity index (χ4v) is 5.92. The Kier molecular flexibility index (Phi) is 9.12. The van der Waals surface area contributed by atoms with Crippen molar-refractivity contribution in [2.75, 3.05) is 26.0 Å². The number of carbonyl (C=O) groups excluding carboxylic acids is 1. The number of aliphatic hydroxyl groups excluding tert-OH is 1. The summed E-state index contributed by atoms with van der Waals surface area (Å²) in [6.45, 7) is 0.923. The number of nitrogens with zero attached hydrogens (tertiary/aromatic N) is 2. The van der Waals surface area contributed by atoms with Crippen molar-refractivity contribution in [3.05, 3.63) is 70.0 Å². The van der Waals surface area contributed by atoms with Gasteiger partial charge in [-0.2, -0.15) is 26.3 Å². The van der Waals surface area contributed by atoms with Crippen molar-refractivity contribution >= 4 is 16.8 Å². The van der Waals surface area contributed by atoms with Gasteiger partial charge in [0.1, 0.15) is 5.82 Å². The molecular weight excluding hydrogens is 541 g/mol. The zero-order chi connectivity index (χ0) is 28.4. The molecule has 1 unspecified atom stereocenters. The van der Waals surface area contributed by atoms with Gasteiger partial charge < -0.3 is 14.9 Å². The van der Waals surface area contributed by atoms with Gasteiger partial charge >= 0.3 is 18.4 Å². The monoisotopic (exact) mass is 568 g/mol. The average Bonchev–Trinajstić information content (AvgIpc) is 2.82. The number of piperidine rings is 1. The molecule has 0 aromatic heterocycles. The molecule has 1 heterocycles. The number of aliphatic hydroxyl groups is 1. The Morgan fingerprint density at radius 2 is 1.68 bits per heavy atom. The number of hydrogen-bond donors (Lipinski definition) is 1. The van der Waals surface area contributed by atoms with Crippen LogP contribution >= 0.6 is 0 Å². The average molecular weight is 569 g/mol. The highest BCUT2D eigenvalue weighted by Gasteiger charge is 2.39. The maximum Gasteiger partial charge on any atom is 0.416 e. The zero-order valence-electron chi connectivity index (χ0n) is 20.6. The minimum absolute atomic E-state index is 0.0238. The molecule has 2 aromatic rings. The van der Waals surface area contributed by atoms with E-state index in [0.717, 1.165) is 4.90 Å². The number of hydrogen-bond acceptors (Lipinski definition) is 3. The minimum atomic E-state index is -5.02. The Morgan fingerprint density at radius 3 is 2.21 bits per heavy atom. The van der Waals surface area contributed by atoms with Gasteiger partial charge in [0.25, 0.3) is 0 Å². The Morgan fingerprint density at radius 1 is 1.08 bits per heavy atom. The molecule has 1 fully saturated rings. The van der Waals surface area contributed by atoms with Gasteiger partial charge in [0.05, 0.1) is 23.8 Å². The van der Waals surface area contributed by atoms with E-state index in [9.17, 15) is 44.8 Å². The van der Waals surface area contributed by atoms with Crippen LogP contribution < -0.4 is 0 Å². The zero-order valence-corrected chi connectivity index (χ0v) is 21.4. The minimum Gasteiger partial charge on any atom is -0.395 e. The van der Waals surface area contributed by atoms with E-state index in [-0.39, 0.29) is 42.2 Å². The van der Waals surface area contributed by atoms with Gasteiger partial charge in [-0.25, -0.2) is 9.18 Å². The molecular formula is C25H27F7N2O3S. The van der Waals surface area contributed by atoms with Crippen molar-refractivity contribution in [3.8, 4) is 0 Å². The van der Waals surface area contributed by atoms with Crippen LogP contribution in [0.3, 0.4) is 0 Å². The molecule has 5 nitrogen and oxygen atoms in total. The molecule has 0 saturated carbocycles. The van der Waals surface area contributed by atoms with E-state index in [1.165, 1.54) is 30.1 Å². The predicted molar refractivity (Wildman–Crippen MR) is 127 cm³/mol. The van der Waals surface area contributed by atoms with Crippen molar-refractivity contribution in [1.82, 2.24) is 9.80 Å².